The minimum Gasteiger partial charge on any atom is -0.486 e. The summed E-state index contributed by atoms with van der Waals surface area (Å²) in [6.45, 7) is 2.17. The fourth-order valence-corrected chi connectivity index (χ4v) is 4.68. The molecule has 7 nitrogen and oxygen atoms in total. The van der Waals surface area contributed by atoms with Crippen molar-refractivity contribution in [1.29, 1.82) is 0 Å². The molecule has 128 valence electrons. The zero-order valence-electron chi connectivity index (χ0n) is 12.9. The number of rotatable bonds is 5. The topological polar surface area (TPSA) is 82.5 Å². The lowest BCUT2D eigenvalue weighted by atomic mass is 10.3. The van der Waals surface area contributed by atoms with E-state index < -0.39 is 10.0 Å². The lowest BCUT2D eigenvalue weighted by molar-refractivity contribution is 0.171. The van der Waals surface area contributed by atoms with Crippen molar-refractivity contribution in [1.82, 2.24) is 14.3 Å². The van der Waals surface area contributed by atoms with Gasteiger partial charge in [-0.2, -0.15) is 0 Å². The first-order valence-corrected chi connectivity index (χ1v) is 10.2. The van der Waals surface area contributed by atoms with Gasteiger partial charge >= 0.3 is 0 Å². The van der Waals surface area contributed by atoms with Gasteiger partial charge in [0, 0.05) is 37.5 Å². The summed E-state index contributed by atoms with van der Waals surface area (Å²) in [5, 5.41) is 1.01. The van der Waals surface area contributed by atoms with Gasteiger partial charge in [0.05, 0.1) is 10.6 Å². The maximum atomic E-state index is 12.4. The number of nitrogens with zero attached hydrogens (tertiary/aromatic N) is 2. The van der Waals surface area contributed by atoms with Crippen molar-refractivity contribution in [3.05, 3.63) is 30.1 Å². The molecule has 2 aromatic rings. The maximum absolute atomic E-state index is 12.4. The Hall–Kier alpha value is -1.71. The second-order valence-electron chi connectivity index (χ2n) is 5.51. The fourth-order valence-electron chi connectivity index (χ4n) is 2.67. The van der Waals surface area contributed by atoms with Crippen LogP contribution in [0.15, 0.2) is 34.4 Å². The van der Waals surface area contributed by atoms with E-state index in [1.807, 2.05) is 6.20 Å². The predicted octanol–water partition coefficient (Wildman–Crippen LogP) is 1.28. The summed E-state index contributed by atoms with van der Waals surface area (Å²) in [7, 11) is -3.58. The Morgan fingerprint density at radius 3 is 2.92 bits per heavy atom. The number of hydrogen-bond acceptors (Lipinski definition) is 6. The number of aromatic nitrogens is 2. The number of benzene rings is 1. The monoisotopic (exact) mass is 367 g/mol. The molecule has 0 radical (unpaired) electrons. The van der Waals surface area contributed by atoms with E-state index in [4.69, 9.17) is 9.47 Å². The van der Waals surface area contributed by atoms with Crippen LogP contribution in [-0.4, -0.2) is 43.5 Å². The molecule has 0 saturated carbocycles. The molecule has 0 spiro atoms. The Kier molecular flexibility index (Phi) is 4.15. The largest absolute Gasteiger partial charge is 0.486 e. The van der Waals surface area contributed by atoms with Gasteiger partial charge < -0.3 is 14.0 Å². The highest BCUT2D eigenvalue weighted by atomic mass is 32.2. The Morgan fingerprint density at radius 2 is 2.08 bits per heavy atom. The number of aryl methyl sites for hydroxylation is 1. The number of ether oxygens (including phenoxy) is 2. The van der Waals surface area contributed by atoms with E-state index in [9.17, 15) is 8.42 Å². The second-order valence-corrected chi connectivity index (χ2v) is 8.34. The Morgan fingerprint density at radius 1 is 1.25 bits per heavy atom. The smallest absolute Gasteiger partial charge is 0.240 e. The minimum absolute atomic E-state index is 0.176. The lowest BCUT2D eigenvalue weighted by Gasteiger charge is -2.18. The Balaban J connectivity index is 1.41. The predicted molar refractivity (Wildman–Crippen MR) is 89.3 cm³/mol. The summed E-state index contributed by atoms with van der Waals surface area (Å²) in [5.41, 5.74) is 0.905. The van der Waals surface area contributed by atoms with Crippen LogP contribution in [0.5, 0.6) is 11.5 Å². The molecule has 9 heteroatoms. The highest BCUT2D eigenvalue weighted by Crippen LogP contribution is 2.32. The number of nitrogens with one attached hydrogen (secondary N) is 1. The molecule has 0 fully saturated rings. The molecule has 1 aromatic heterocycles. The molecule has 2 aliphatic rings. The van der Waals surface area contributed by atoms with Crippen LogP contribution >= 0.6 is 11.8 Å². The first-order valence-electron chi connectivity index (χ1n) is 7.70. The van der Waals surface area contributed by atoms with Gasteiger partial charge in [-0.05, 0) is 12.1 Å². The summed E-state index contributed by atoms with van der Waals surface area (Å²) in [6.07, 6.45) is 2.55. The third-order valence-electron chi connectivity index (χ3n) is 3.85. The van der Waals surface area contributed by atoms with E-state index in [-0.39, 0.29) is 4.90 Å². The molecule has 0 amide bonds. The van der Waals surface area contributed by atoms with Crippen LogP contribution in [0, 0.1) is 0 Å². The van der Waals surface area contributed by atoms with E-state index in [1.165, 1.54) is 12.1 Å². The van der Waals surface area contributed by atoms with Gasteiger partial charge in [0.15, 0.2) is 16.7 Å². The van der Waals surface area contributed by atoms with Crippen LogP contribution in [0.2, 0.25) is 0 Å². The van der Waals surface area contributed by atoms with Gasteiger partial charge in [-0.3, -0.25) is 0 Å². The molecule has 1 aromatic carbocycles. The third kappa shape index (κ3) is 3.11. The minimum atomic E-state index is -3.58. The molecule has 2 aliphatic heterocycles. The van der Waals surface area contributed by atoms with E-state index >= 15 is 0 Å². The van der Waals surface area contributed by atoms with Gasteiger partial charge in [-0.1, -0.05) is 11.8 Å². The van der Waals surface area contributed by atoms with Crippen LogP contribution in [-0.2, 0) is 23.0 Å². The normalized spacial score (nSPS) is 16.2. The molecule has 0 bridgehead atoms. The molecule has 4 rings (SSSR count). The van der Waals surface area contributed by atoms with Gasteiger partial charge in [-0.15, -0.1) is 0 Å². The van der Waals surface area contributed by atoms with Gasteiger partial charge in [-0.25, -0.2) is 18.1 Å². The molecular formula is C15H17N3O4S2. The summed E-state index contributed by atoms with van der Waals surface area (Å²) < 4.78 is 40.4. The van der Waals surface area contributed by atoms with Gasteiger partial charge in [0.25, 0.3) is 0 Å². The Labute approximate surface area is 144 Å². The number of sulfonamides is 1. The maximum Gasteiger partial charge on any atom is 0.240 e. The van der Waals surface area contributed by atoms with Crippen LogP contribution in [0.3, 0.4) is 0 Å². The molecule has 24 heavy (non-hydrogen) atoms. The molecule has 0 atom stereocenters. The molecule has 0 saturated heterocycles. The van der Waals surface area contributed by atoms with Crippen molar-refractivity contribution in [3.8, 4) is 11.5 Å². The summed E-state index contributed by atoms with van der Waals surface area (Å²) in [5.74, 6) is 2.09. The number of fused-ring (bicyclic) bond motifs is 2. The van der Waals surface area contributed by atoms with Crippen molar-refractivity contribution in [2.75, 3.05) is 25.5 Å². The quantitative estimate of drug-likeness (QED) is 0.857. The van der Waals surface area contributed by atoms with Gasteiger partial charge in [0.1, 0.15) is 13.2 Å². The van der Waals surface area contributed by atoms with Gasteiger partial charge in [0.2, 0.25) is 10.0 Å². The van der Waals surface area contributed by atoms with E-state index in [0.717, 1.165) is 23.1 Å². The lowest BCUT2D eigenvalue weighted by Crippen LogP contribution is -2.26. The summed E-state index contributed by atoms with van der Waals surface area (Å²) in [6, 6.07) is 4.65. The molecule has 1 N–H and O–H groups in total. The van der Waals surface area contributed by atoms with E-state index in [1.54, 1.807) is 17.8 Å². The number of hydrogen-bond donors (Lipinski definition) is 1. The zero-order chi connectivity index (χ0) is 16.6. The van der Waals surface area contributed by atoms with Crippen LogP contribution in [0.4, 0.5) is 0 Å². The van der Waals surface area contributed by atoms with E-state index in [0.29, 0.717) is 37.7 Å². The average molecular weight is 367 g/mol. The highest BCUT2D eigenvalue weighted by Gasteiger charge is 2.19. The molecule has 0 unspecified atom stereocenters. The Bertz CT molecular complexity index is 842. The number of imidazole rings is 1. The standard InChI is InChI=1S/C15H17N3O4S2/c19-24(20,12-1-2-13-14(9-12)22-7-6-21-13)16-4-3-11-10-18-5-8-23-15(18)17-11/h1-2,9-10,16H,3-8H2. The van der Waals surface area contributed by atoms with Crippen LogP contribution < -0.4 is 14.2 Å². The van der Waals surface area contributed by atoms with Crippen molar-refractivity contribution >= 4 is 21.8 Å². The first-order chi connectivity index (χ1) is 11.6. The number of thioether (sulfide) groups is 1. The summed E-state index contributed by atoms with van der Waals surface area (Å²) >= 11 is 1.73. The highest BCUT2D eigenvalue weighted by molar-refractivity contribution is 7.99. The second kappa shape index (κ2) is 6.30. The van der Waals surface area contributed by atoms with Crippen molar-refractivity contribution in [2.24, 2.45) is 0 Å². The third-order valence-corrected chi connectivity index (χ3v) is 6.28. The van der Waals surface area contributed by atoms with Crippen molar-refractivity contribution in [3.63, 3.8) is 0 Å². The van der Waals surface area contributed by atoms with Crippen LogP contribution in [0.1, 0.15) is 5.69 Å². The SMILES string of the molecule is O=S(=O)(NCCc1cn2c(n1)SCC2)c1ccc2c(c1)OCCO2. The van der Waals surface area contributed by atoms with Crippen molar-refractivity contribution < 1.29 is 17.9 Å². The van der Waals surface area contributed by atoms with Crippen LogP contribution in [0.25, 0.3) is 0 Å². The molecular weight excluding hydrogens is 350 g/mol. The van der Waals surface area contributed by atoms with Crippen molar-refractivity contribution in [2.45, 2.75) is 23.0 Å². The van der Waals surface area contributed by atoms with E-state index in [2.05, 4.69) is 14.3 Å². The average Bonchev–Trinajstić information content (AvgIpc) is 3.16. The molecule has 0 aliphatic carbocycles. The summed E-state index contributed by atoms with van der Waals surface area (Å²) in [4.78, 5) is 4.67. The first kappa shape index (κ1) is 15.8. The molecule has 3 heterocycles. The zero-order valence-corrected chi connectivity index (χ0v) is 14.5. The fraction of sp³-hybridized carbons (Fsp3) is 0.400.